The molecule has 0 aliphatic carbocycles. The van der Waals surface area contributed by atoms with Gasteiger partial charge in [-0.25, -0.2) is 13.2 Å². The molecule has 1 aromatic carbocycles. The normalized spacial score (nSPS) is 17.4. The Hall–Kier alpha value is -2.56. The van der Waals surface area contributed by atoms with Gasteiger partial charge in [0.2, 0.25) is 10.0 Å². The van der Waals surface area contributed by atoms with Crippen molar-refractivity contribution < 1.29 is 27.6 Å². The number of imide groups is 1. The molecule has 2 aliphatic heterocycles. The lowest BCUT2D eigenvalue weighted by molar-refractivity contribution is -0.0583. The molecule has 27 heavy (non-hydrogen) atoms. The van der Waals surface area contributed by atoms with Crippen LogP contribution in [0.5, 0.6) is 0 Å². The maximum absolute atomic E-state index is 12.7. The highest BCUT2D eigenvalue weighted by Crippen LogP contribution is 2.30. The van der Waals surface area contributed by atoms with E-state index >= 15 is 0 Å². The van der Waals surface area contributed by atoms with Crippen LogP contribution in [0.15, 0.2) is 40.6 Å². The van der Waals surface area contributed by atoms with E-state index in [1.165, 1.54) is 27.9 Å². The SMILES string of the molecule is O=C(ON1C(=O)c2ccccc2C1=O)c1sccc1S(=O)(=O)N1CCCC1. The van der Waals surface area contributed by atoms with E-state index in [1.54, 1.807) is 12.1 Å². The molecule has 8 nitrogen and oxygen atoms in total. The Morgan fingerprint density at radius 2 is 1.59 bits per heavy atom. The molecule has 2 aromatic rings. The molecule has 4 rings (SSSR count). The topological polar surface area (TPSA) is 101 Å². The number of rotatable bonds is 4. The molecule has 0 radical (unpaired) electrons. The minimum absolute atomic E-state index is 0.131. The van der Waals surface area contributed by atoms with Gasteiger partial charge in [-0.05, 0) is 36.4 Å². The minimum Gasteiger partial charge on any atom is -0.323 e. The molecule has 0 bridgehead atoms. The zero-order valence-corrected chi connectivity index (χ0v) is 15.6. The third-order valence-corrected chi connectivity index (χ3v) is 7.39. The largest absolute Gasteiger partial charge is 0.375 e. The van der Waals surface area contributed by atoms with E-state index in [4.69, 9.17) is 4.84 Å². The van der Waals surface area contributed by atoms with Crippen LogP contribution in [0, 0.1) is 0 Å². The van der Waals surface area contributed by atoms with Gasteiger partial charge in [0, 0.05) is 13.1 Å². The maximum atomic E-state index is 12.7. The molecule has 2 aliphatic rings. The van der Waals surface area contributed by atoms with Crippen molar-refractivity contribution in [2.75, 3.05) is 13.1 Å². The van der Waals surface area contributed by atoms with Crippen LogP contribution in [-0.2, 0) is 14.9 Å². The molecule has 3 heterocycles. The van der Waals surface area contributed by atoms with E-state index in [9.17, 15) is 22.8 Å². The Morgan fingerprint density at radius 1 is 1.00 bits per heavy atom. The predicted octanol–water partition coefficient (Wildman–Crippen LogP) is 1.90. The van der Waals surface area contributed by atoms with Gasteiger partial charge in [-0.3, -0.25) is 9.59 Å². The highest BCUT2D eigenvalue weighted by Gasteiger charge is 2.40. The molecule has 0 N–H and O–H groups in total. The van der Waals surface area contributed by atoms with Gasteiger partial charge < -0.3 is 4.84 Å². The van der Waals surface area contributed by atoms with Gasteiger partial charge in [0.15, 0.2) is 0 Å². The van der Waals surface area contributed by atoms with E-state index < -0.39 is 27.8 Å². The third kappa shape index (κ3) is 2.85. The number of fused-ring (bicyclic) bond motifs is 1. The molecule has 0 spiro atoms. The number of hydrogen-bond donors (Lipinski definition) is 0. The third-order valence-electron chi connectivity index (χ3n) is 4.43. The van der Waals surface area contributed by atoms with Crippen LogP contribution in [0.25, 0.3) is 0 Å². The van der Waals surface area contributed by atoms with Crippen LogP contribution < -0.4 is 0 Å². The summed E-state index contributed by atoms with van der Waals surface area (Å²) in [5.41, 5.74) is 0.262. The summed E-state index contributed by atoms with van der Waals surface area (Å²) in [6.45, 7) is 0.788. The van der Waals surface area contributed by atoms with Crippen molar-refractivity contribution in [2.45, 2.75) is 17.7 Å². The molecule has 10 heteroatoms. The van der Waals surface area contributed by atoms with Crippen LogP contribution in [0.3, 0.4) is 0 Å². The summed E-state index contributed by atoms with van der Waals surface area (Å²) in [6, 6.07) is 7.43. The molecule has 1 saturated heterocycles. The first-order chi connectivity index (χ1) is 12.9. The van der Waals surface area contributed by atoms with Gasteiger partial charge in [0.1, 0.15) is 9.77 Å². The fourth-order valence-corrected chi connectivity index (χ4v) is 5.87. The first kappa shape index (κ1) is 17.8. The summed E-state index contributed by atoms with van der Waals surface area (Å²) in [4.78, 5) is 41.8. The number of thiophene rings is 1. The van der Waals surface area contributed by atoms with E-state index in [-0.39, 0.29) is 20.9 Å². The van der Waals surface area contributed by atoms with Gasteiger partial charge in [-0.2, -0.15) is 4.31 Å². The second-order valence-electron chi connectivity index (χ2n) is 6.05. The quantitative estimate of drug-likeness (QED) is 0.719. The van der Waals surface area contributed by atoms with Crippen molar-refractivity contribution in [1.82, 2.24) is 9.37 Å². The van der Waals surface area contributed by atoms with Gasteiger partial charge in [0.05, 0.1) is 11.1 Å². The molecule has 2 amide bonds. The molecular weight excluding hydrogens is 392 g/mol. The zero-order valence-electron chi connectivity index (χ0n) is 14.0. The number of hydroxylamine groups is 2. The van der Waals surface area contributed by atoms with E-state index in [0.29, 0.717) is 18.2 Å². The van der Waals surface area contributed by atoms with Crippen molar-refractivity contribution in [3.05, 3.63) is 51.7 Å². The summed E-state index contributed by atoms with van der Waals surface area (Å²) in [5, 5.41) is 1.83. The molecule has 140 valence electrons. The second kappa shape index (κ2) is 6.55. The standard InChI is InChI=1S/C17H14N2O6S2/c20-15-11-5-1-2-6-12(11)16(21)19(15)25-17(22)14-13(7-10-26-14)27(23,24)18-8-3-4-9-18/h1-2,5-7,10H,3-4,8-9H2. The fraction of sp³-hybridized carbons (Fsp3) is 0.235. The molecule has 1 fully saturated rings. The average Bonchev–Trinajstić information content (AvgIpc) is 3.40. The van der Waals surface area contributed by atoms with Gasteiger partial charge in [-0.1, -0.05) is 17.2 Å². The fourth-order valence-electron chi connectivity index (χ4n) is 3.09. The van der Waals surface area contributed by atoms with Crippen LogP contribution >= 0.6 is 11.3 Å². The minimum atomic E-state index is -3.83. The smallest absolute Gasteiger partial charge is 0.323 e. The van der Waals surface area contributed by atoms with Crippen molar-refractivity contribution in [1.29, 1.82) is 0 Å². The number of carbonyl (C=O) groups is 3. The Morgan fingerprint density at radius 3 is 2.19 bits per heavy atom. The van der Waals surface area contributed by atoms with E-state index in [1.807, 2.05) is 0 Å². The number of sulfonamides is 1. The highest BCUT2D eigenvalue weighted by molar-refractivity contribution is 7.89. The monoisotopic (exact) mass is 406 g/mol. The molecule has 1 aromatic heterocycles. The molecule has 0 saturated carbocycles. The highest BCUT2D eigenvalue weighted by atomic mass is 32.2. The lowest BCUT2D eigenvalue weighted by Gasteiger charge is -2.16. The lowest BCUT2D eigenvalue weighted by atomic mass is 10.1. The summed E-state index contributed by atoms with van der Waals surface area (Å²) < 4.78 is 26.8. The zero-order chi connectivity index (χ0) is 19.2. The Kier molecular flexibility index (Phi) is 4.33. The summed E-state index contributed by atoms with van der Waals surface area (Å²) >= 11 is 0.883. The maximum Gasteiger partial charge on any atom is 0.375 e. The van der Waals surface area contributed by atoms with E-state index in [2.05, 4.69) is 0 Å². The van der Waals surface area contributed by atoms with E-state index in [0.717, 1.165) is 24.2 Å². The second-order valence-corrected chi connectivity index (χ2v) is 8.88. The number of carbonyl (C=O) groups excluding carboxylic acids is 3. The number of hydrogen-bond acceptors (Lipinski definition) is 7. The summed E-state index contributed by atoms with van der Waals surface area (Å²) in [6.07, 6.45) is 1.52. The summed E-state index contributed by atoms with van der Waals surface area (Å²) in [5.74, 6) is -2.58. The van der Waals surface area contributed by atoms with Crippen molar-refractivity contribution in [3.63, 3.8) is 0 Å². The Labute approximate surface area is 159 Å². The van der Waals surface area contributed by atoms with Gasteiger partial charge >= 0.3 is 5.97 Å². The molecular formula is C17H14N2O6S2. The predicted molar refractivity (Wildman–Crippen MR) is 94.7 cm³/mol. The first-order valence-electron chi connectivity index (χ1n) is 8.19. The van der Waals surface area contributed by atoms with Crippen molar-refractivity contribution in [2.24, 2.45) is 0 Å². The van der Waals surface area contributed by atoms with Gasteiger partial charge in [0.25, 0.3) is 11.8 Å². The van der Waals surface area contributed by atoms with Crippen LogP contribution in [0.4, 0.5) is 0 Å². The van der Waals surface area contributed by atoms with Crippen molar-refractivity contribution in [3.8, 4) is 0 Å². The van der Waals surface area contributed by atoms with Crippen LogP contribution in [-0.4, -0.2) is 48.7 Å². The number of benzene rings is 1. The first-order valence-corrected chi connectivity index (χ1v) is 10.5. The lowest BCUT2D eigenvalue weighted by Crippen LogP contribution is -2.33. The van der Waals surface area contributed by atoms with Crippen LogP contribution in [0.2, 0.25) is 0 Å². The van der Waals surface area contributed by atoms with Crippen molar-refractivity contribution >= 4 is 39.1 Å². The molecule has 0 unspecified atom stereocenters. The number of amides is 2. The Balaban J connectivity index is 1.60. The number of nitrogens with zero attached hydrogens (tertiary/aromatic N) is 2. The average molecular weight is 406 g/mol. The summed E-state index contributed by atoms with van der Waals surface area (Å²) in [7, 11) is -3.83. The van der Waals surface area contributed by atoms with Gasteiger partial charge in [-0.15, -0.1) is 11.3 Å². The molecule has 0 atom stereocenters. The Bertz CT molecular complexity index is 1020. The van der Waals surface area contributed by atoms with Crippen LogP contribution in [0.1, 0.15) is 43.2 Å².